The zero-order chi connectivity index (χ0) is 19.1. The highest BCUT2D eigenvalue weighted by molar-refractivity contribution is 6.30. The molecule has 2 N–H and O–H groups in total. The van der Waals surface area contributed by atoms with Gasteiger partial charge in [0.1, 0.15) is 0 Å². The van der Waals surface area contributed by atoms with Gasteiger partial charge in [-0.25, -0.2) is 9.59 Å². The van der Waals surface area contributed by atoms with Crippen molar-refractivity contribution in [3.63, 3.8) is 0 Å². The van der Waals surface area contributed by atoms with Crippen molar-refractivity contribution in [1.29, 1.82) is 0 Å². The zero-order valence-corrected chi connectivity index (χ0v) is 15.1. The highest BCUT2D eigenvalue weighted by atomic mass is 35.5. The molecule has 0 saturated carbocycles. The molecule has 2 aromatic rings. The van der Waals surface area contributed by atoms with Gasteiger partial charge in [0.2, 0.25) is 5.54 Å². The third kappa shape index (κ3) is 2.47. The molecule has 5 nitrogen and oxygen atoms in total. The number of nitrogens with zero attached hydrogens (tertiary/aromatic N) is 1. The Morgan fingerprint density at radius 1 is 1.00 bits per heavy atom. The number of carboxylic acid groups (broad SMARTS) is 2. The van der Waals surface area contributed by atoms with Crippen LogP contribution >= 0.6 is 11.6 Å². The molecule has 0 radical (unpaired) electrons. The fourth-order valence-electron chi connectivity index (χ4n) is 3.88. The zero-order valence-electron chi connectivity index (χ0n) is 14.3. The third-order valence-corrected chi connectivity index (χ3v) is 5.24. The molecule has 2 aromatic carbocycles. The average Bonchev–Trinajstić information content (AvgIpc) is 2.84. The van der Waals surface area contributed by atoms with E-state index in [1.807, 2.05) is 6.07 Å². The van der Waals surface area contributed by atoms with Gasteiger partial charge >= 0.3 is 11.9 Å². The van der Waals surface area contributed by atoms with Gasteiger partial charge in [-0.1, -0.05) is 54.1 Å². The van der Waals surface area contributed by atoms with Crippen LogP contribution in [0.3, 0.4) is 0 Å². The normalized spacial score (nSPS) is 18.9. The lowest BCUT2D eigenvalue weighted by Crippen LogP contribution is -2.58. The van der Waals surface area contributed by atoms with E-state index in [0.29, 0.717) is 21.9 Å². The van der Waals surface area contributed by atoms with Crippen molar-refractivity contribution in [2.45, 2.75) is 18.4 Å². The number of carboxylic acids is 2. The van der Waals surface area contributed by atoms with Crippen molar-refractivity contribution in [1.82, 2.24) is 4.90 Å². The second-order valence-corrected chi connectivity index (χ2v) is 6.75. The fourth-order valence-corrected chi connectivity index (χ4v) is 4.00. The molecule has 0 amide bonds. The maximum atomic E-state index is 12.3. The van der Waals surface area contributed by atoms with Crippen LogP contribution in [0.1, 0.15) is 24.0 Å². The lowest BCUT2D eigenvalue weighted by atomic mass is 9.77. The van der Waals surface area contributed by atoms with Crippen molar-refractivity contribution >= 4 is 29.2 Å². The van der Waals surface area contributed by atoms with Crippen LogP contribution in [0.25, 0.3) is 5.70 Å². The van der Waals surface area contributed by atoms with Crippen molar-refractivity contribution in [3.05, 3.63) is 76.3 Å². The number of aliphatic carboxylic acids is 2. The maximum Gasteiger partial charge on any atom is 0.342 e. The molecule has 0 aromatic heterocycles. The number of likely N-dealkylation sites (N-methyl/N-ethyl adjacent to an activating group) is 1. The van der Waals surface area contributed by atoms with E-state index in [-0.39, 0.29) is 0 Å². The predicted molar refractivity (Wildman–Crippen MR) is 99.0 cm³/mol. The first-order valence-electron chi connectivity index (χ1n) is 8.04. The second kappa shape index (κ2) is 6.50. The quantitative estimate of drug-likeness (QED) is 0.801. The van der Waals surface area contributed by atoms with Gasteiger partial charge in [0.25, 0.3) is 0 Å². The van der Waals surface area contributed by atoms with Gasteiger partial charge in [0.15, 0.2) is 0 Å². The topological polar surface area (TPSA) is 77.8 Å². The van der Waals surface area contributed by atoms with Crippen LogP contribution in [0.2, 0.25) is 5.02 Å². The minimum absolute atomic E-state index is 0.551. The molecule has 1 aliphatic rings. The molecule has 1 atom stereocenters. The Labute approximate surface area is 156 Å². The molecular weight excluding hydrogens is 354 g/mol. The van der Waals surface area contributed by atoms with Crippen LogP contribution in [-0.4, -0.2) is 39.6 Å². The Bertz CT molecular complexity index is 876. The molecule has 134 valence electrons. The van der Waals surface area contributed by atoms with E-state index in [1.54, 1.807) is 55.5 Å². The molecule has 0 fully saturated rings. The molecule has 26 heavy (non-hydrogen) atoms. The van der Waals surface area contributed by atoms with E-state index in [4.69, 9.17) is 11.6 Å². The van der Waals surface area contributed by atoms with Crippen molar-refractivity contribution in [2.75, 3.05) is 7.05 Å². The molecule has 0 aliphatic carbocycles. The summed E-state index contributed by atoms with van der Waals surface area (Å²) in [5.74, 6) is -3.62. The lowest BCUT2D eigenvalue weighted by Gasteiger charge is -2.35. The Balaban J connectivity index is 2.29. The summed E-state index contributed by atoms with van der Waals surface area (Å²) in [6.07, 6.45) is 0. The number of carbonyl (C=O) groups is 2. The van der Waals surface area contributed by atoms with E-state index in [9.17, 15) is 19.8 Å². The van der Waals surface area contributed by atoms with E-state index in [1.165, 1.54) is 11.9 Å². The van der Waals surface area contributed by atoms with Gasteiger partial charge in [0, 0.05) is 17.8 Å². The Hall–Kier alpha value is -2.79. The van der Waals surface area contributed by atoms with Crippen molar-refractivity contribution in [2.24, 2.45) is 0 Å². The Kier molecular flexibility index (Phi) is 4.50. The highest BCUT2D eigenvalue weighted by Crippen LogP contribution is 2.50. The van der Waals surface area contributed by atoms with Crippen LogP contribution in [0, 0.1) is 0 Å². The van der Waals surface area contributed by atoms with Gasteiger partial charge in [-0.2, -0.15) is 0 Å². The second-order valence-electron chi connectivity index (χ2n) is 6.32. The third-order valence-electron chi connectivity index (χ3n) is 4.99. The molecule has 6 heteroatoms. The predicted octanol–water partition coefficient (Wildman–Crippen LogP) is 3.71. The molecule has 1 heterocycles. The van der Waals surface area contributed by atoms with E-state index >= 15 is 0 Å². The first kappa shape index (κ1) is 18.0. The molecule has 1 aliphatic heterocycles. The largest absolute Gasteiger partial charge is 0.479 e. The van der Waals surface area contributed by atoms with Crippen LogP contribution in [0.4, 0.5) is 0 Å². The van der Waals surface area contributed by atoms with Crippen molar-refractivity contribution < 1.29 is 19.8 Å². The summed E-state index contributed by atoms with van der Waals surface area (Å²) in [5.41, 5.74) is 0.511. The number of halogens is 1. The summed E-state index contributed by atoms with van der Waals surface area (Å²) in [6, 6.07) is 15.8. The first-order chi connectivity index (χ1) is 12.3. The van der Waals surface area contributed by atoms with Crippen LogP contribution < -0.4 is 0 Å². The number of hydrogen-bond donors (Lipinski definition) is 2. The highest BCUT2D eigenvalue weighted by Gasteiger charge is 2.62. The summed E-state index contributed by atoms with van der Waals surface area (Å²) in [6.45, 7) is 1.78. The molecule has 0 bridgehead atoms. The van der Waals surface area contributed by atoms with Crippen LogP contribution in [-0.2, 0) is 9.59 Å². The summed E-state index contributed by atoms with van der Waals surface area (Å²) in [5, 5.41) is 20.5. The number of benzene rings is 2. The number of rotatable bonds is 4. The monoisotopic (exact) mass is 371 g/mol. The van der Waals surface area contributed by atoms with E-state index in [0.717, 1.165) is 5.56 Å². The summed E-state index contributed by atoms with van der Waals surface area (Å²) >= 11 is 5.95. The van der Waals surface area contributed by atoms with Crippen molar-refractivity contribution in [3.8, 4) is 0 Å². The smallest absolute Gasteiger partial charge is 0.342 e. The van der Waals surface area contributed by atoms with Gasteiger partial charge in [-0.05, 0) is 35.8 Å². The molecular formula is C20H18ClNO4. The van der Waals surface area contributed by atoms with Gasteiger partial charge in [-0.15, -0.1) is 0 Å². The Morgan fingerprint density at radius 3 is 2.04 bits per heavy atom. The fraction of sp³-hybridized carbons (Fsp3) is 0.200. The summed E-state index contributed by atoms with van der Waals surface area (Å²) < 4.78 is 0. The average molecular weight is 372 g/mol. The number of hydrogen-bond acceptors (Lipinski definition) is 3. The summed E-state index contributed by atoms with van der Waals surface area (Å²) in [7, 11) is 1.51. The van der Waals surface area contributed by atoms with Gasteiger partial charge in [-0.3, -0.25) is 0 Å². The molecule has 3 rings (SSSR count). The van der Waals surface area contributed by atoms with E-state index < -0.39 is 23.4 Å². The van der Waals surface area contributed by atoms with Crippen LogP contribution in [0.15, 0.2) is 60.2 Å². The standard InChI is InChI=1S/C20H18ClNO4/c1-12-16(13-6-4-3-5-7-13)20(18(23)24,19(25)26)22(2)17(12)14-8-10-15(21)11-9-14/h3-11,16H,1-2H3,(H,23,24)(H,25,26). The Morgan fingerprint density at radius 2 is 1.54 bits per heavy atom. The molecule has 0 saturated heterocycles. The molecule has 1 unspecified atom stereocenters. The minimum Gasteiger partial charge on any atom is -0.479 e. The minimum atomic E-state index is -2.12. The molecule has 0 spiro atoms. The van der Waals surface area contributed by atoms with Gasteiger partial charge < -0.3 is 15.1 Å². The maximum absolute atomic E-state index is 12.3. The van der Waals surface area contributed by atoms with Gasteiger partial charge in [0.05, 0.1) is 5.92 Å². The SMILES string of the molecule is CC1=C(c2ccc(Cl)cc2)N(C)C(C(=O)O)(C(=O)O)C1c1ccccc1. The summed E-state index contributed by atoms with van der Waals surface area (Å²) in [4.78, 5) is 25.9. The first-order valence-corrected chi connectivity index (χ1v) is 8.41. The van der Waals surface area contributed by atoms with E-state index in [2.05, 4.69) is 0 Å². The lowest BCUT2D eigenvalue weighted by molar-refractivity contribution is -0.164. The van der Waals surface area contributed by atoms with Crippen LogP contribution in [0.5, 0.6) is 0 Å².